The van der Waals surface area contributed by atoms with Gasteiger partial charge in [-0.05, 0) is 30.5 Å². The van der Waals surface area contributed by atoms with Gasteiger partial charge in [-0.1, -0.05) is 42.5 Å². The Morgan fingerprint density at radius 1 is 1.15 bits per heavy atom. The summed E-state index contributed by atoms with van der Waals surface area (Å²) in [5, 5.41) is 3.01. The van der Waals surface area contributed by atoms with Crippen LogP contribution in [-0.2, 0) is 22.5 Å². The molecule has 3 aromatic rings. The van der Waals surface area contributed by atoms with Crippen LogP contribution in [0.3, 0.4) is 0 Å². The minimum Gasteiger partial charge on any atom is -0.376 e. The molecule has 26 heavy (non-hydrogen) atoms. The number of hydrogen-bond acceptors (Lipinski definition) is 3. The zero-order valence-corrected chi connectivity index (χ0v) is 14.7. The lowest BCUT2D eigenvalue weighted by atomic mass is 10.1. The first-order valence-corrected chi connectivity index (χ1v) is 9.16. The Kier molecular flexibility index (Phi) is 4.97. The fourth-order valence-corrected chi connectivity index (χ4v) is 3.45. The summed E-state index contributed by atoms with van der Waals surface area (Å²) < 4.78 is 7.60. The molecule has 0 aliphatic carbocycles. The van der Waals surface area contributed by atoms with E-state index < -0.39 is 0 Å². The third kappa shape index (κ3) is 3.78. The third-order valence-electron chi connectivity index (χ3n) is 4.79. The molecule has 1 unspecified atom stereocenters. The van der Waals surface area contributed by atoms with Crippen LogP contribution in [0.25, 0.3) is 11.0 Å². The molecule has 1 N–H and O–H groups in total. The Balaban J connectivity index is 1.54. The summed E-state index contributed by atoms with van der Waals surface area (Å²) in [6, 6.07) is 18.2. The molecule has 134 valence electrons. The van der Waals surface area contributed by atoms with E-state index in [0.29, 0.717) is 13.0 Å². The Labute approximate surface area is 153 Å². The first-order chi connectivity index (χ1) is 12.8. The summed E-state index contributed by atoms with van der Waals surface area (Å²) >= 11 is 0. The lowest BCUT2D eigenvalue weighted by molar-refractivity contribution is -0.122. The molecule has 0 spiro atoms. The van der Waals surface area contributed by atoms with Gasteiger partial charge < -0.3 is 14.6 Å². The van der Waals surface area contributed by atoms with Gasteiger partial charge in [-0.2, -0.15) is 0 Å². The molecule has 5 heteroatoms. The summed E-state index contributed by atoms with van der Waals surface area (Å²) in [4.78, 5) is 17.3. The average molecular weight is 349 g/mol. The second kappa shape index (κ2) is 7.70. The Hall–Kier alpha value is -2.66. The third-order valence-corrected chi connectivity index (χ3v) is 4.79. The van der Waals surface area contributed by atoms with Gasteiger partial charge in [0.05, 0.1) is 17.1 Å². The summed E-state index contributed by atoms with van der Waals surface area (Å²) in [7, 11) is 0. The van der Waals surface area contributed by atoms with Gasteiger partial charge in [0.1, 0.15) is 12.4 Å². The van der Waals surface area contributed by atoms with Crippen LogP contribution in [0, 0.1) is 0 Å². The van der Waals surface area contributed by atoms with Gasteiger partial charge in [0.25, 0.3) is 0 Å². The highest BCUT2D eigenvalue weighted by Gasteiger charge is 2.18. The molecule has 0 bridgehead atoms. The molecule has 1 amide bonds. The van der Waals surface area contributed by atoms with Gasteiger partial charge >= 0.3 is 0 Å². The zero-order chi connectivity index (χ0) is 17.8. The molecule has 1 saturated heterocycles. The number of para-hydroxylation sites is 2. The summed E-state index contributed by atoms with van der Waals surface area (Å²) in [6.07, 6.45) is 2.96. The molecule has 5 nitrogen and oxygen atoms in total. The number of ether oxygens (including phenoxy) is 1. The summed E-state index contributed by atoms with van der Waals surface area (Å²) in [5.74, 6) is 0.905. The summed E-state index contributed by atoms with van der Waals surface area (Å²) in [6.45, 7) is 1.66. The fourth-order valence-electron chi connectivity index (χ4n) is 3.45. The number of carbonyl (C=O) groups is 1. The number of imidazole rings is 1. The van der Waals surface area contributed by atoms with Crippen LogP contribution in [0.1, 0.15) is 24.2 Å². The largest absolute Gasteiger partial charge is 0.376 e. The monoisotopic (exact) mass is 349 g/mol. The maximum absolute atomic E-state index is 12.5. The van der Waals surface area contributed by atoms with Crippen molar-refractivity contribution in [2.45, 2.75) is 31.9 Å². The topological polar surface area (TPSA) is 56.2 Å². The smallest absolute Gasteiger partial charge is 0.240 e. The molecule has 2 heterocycles. The number of fused-ring (bicyclic) bond motifs is 1. The minimum absolute atomic E-state index is 0.00188. The van der Waals surface area contributed by atoms with Crippen molar-refractivity contribution in [2.24, 2.45) is 0 Å². The fraction of sp³-hybridized carbons (Fsp3) is 0.333. The number of nitrogens with one attached hydrogen (secondary N) is 1. The molecule has 1 aromatic heterocycles. The second-order valence-electron chi connectivity index (χ2n) is 6.70. The van der Waals surface area contributed by atoms with E-state index in [0.717, 1.165) is 36.3 Å². The maximum Gasteiger partial charge on any atom is 0.240 e. The van der Waals surface area contributed by atoms with Gasteiger partial charge in [-0.25, -0.2) is 4.98 Å². The first kappa shape index (κ1) is 16.8. The van der Waals surface area contributed by atoms with Crippen LogP contribution in [0.2, 0.25) is 0 Å². The highest BCUT2D eigenvalue weighted by Crippen LogP contribution is 2.18. The quantitative estimate of drug-likeness (QED) is 0.744. The van der Waals surface area contributed by atoms with Crippen molar-refractivity contribution in [3.63, 3.8) is 0 Å². The predicted octanol–water partition coefficient (Wildman–Crippen LogP) is 2.92. The molecular weight excluding hydrogens is 326 g/mol. The first-order valence-electron chi connectivity index (χ1n) is 9.16. The average Bonchev–Trinajstić information content (AvgIpc) is 3.30. The molecule has 1 aliphatic rings. The predicted molar refractivity (Wildman–Crippen MR) is 101 cm³/mol. The van der Waals surface area contributed by atoms with E-state index >= 15 is 0 Å². The van der Waals surface area contributed by atoms with Crippen LogP contribution in [0.15, 0.2) is 54.6 Å². The van der Waals surface area contributed by atoms with Crippen LogP contribution >= 0.6 is 0 Å². The number of carbonyl (C=O) groups excluding carboxylic acids is 1. The van der Waals surface area contributed by atoms with Crippen LogP contribution in [0.4, 0.5) is 0 Å². The number of hydrogen-bond donors (Lipinski definition) is 1. The highest BCUT2D eigenvalue weighted by atomic mass is 16.5. The molecule has 2 aromatic carbocycles. The van der Waals surface area contributed by atoms with Crippen LogP contribution in [0.5, 0.6) is 0 Å². The van der Waals surface area contributed by atoms with Crippen molar-refractivity contribution in [2.75, 3.05) is 13.2 Å². The van der Waals surface area contributed by atoms with E-state index in [2.05, 4.69) is 17.4 Å². The van der Waals surface area contributed by atoms with E-state index in [1.165, 1.54) is 5.56 Å². The Morgan fingerprint density at radius 3 is 2.77 bits per heavy atom. The van der Waals surface area contributed by atoms with E-state index in [1.807, 2.05) is 47.0 Å². The molecule has 1 fully saturated rings. The van der Waals surface area contributed by atoms with Gasteiger partial charge in [-0.15, -0.1) is 0 Å². The Morgan fingerprint density at radius 2 is 1.96 bits per heavy atom. The number of amides is 1. The van der Waals surface area contributed by atoms with Gasteiger partial charge in [0, 0.05) is 19.6 Å². The Bertz CT molecular complexity index is 883. The SMILES string of the molecule is O=C(Cn1c(Cc2ccccc2)nc2ccccc21)NCC1CCCO1. The lowest BCUT2D eigenvalue weighted by Crippen LogP contribution is -2.34. The molecule has 0 saturated carbocycles. The number of aromatic nitrogens is 2. The molecule has 4 rings (SSSR count). The van der Waals surface area contributed by atoms with E-state index in [9.17, 15) is 4.79 Å². The van der Waals surface area contributed by atoms with Crippen LogP contribution in [-0.4, -0.2) is 34.7 Å². The van der Waals surface area contributed by atoms with Crippen molar-refractivity contribution < 1.29 is 9.53 Å². The normalized spacial score (nSPS) is 16.8. The number of rotatable bonds is 6. The minimum atomic E-state index is -0.00188. The zero-order valence-electron chi connectivity index (χ0n) is 14.7. The van der Waals surface area contributed by atoms with E-state index in [1.54, 1.807) is 0 Å². The lowest BCUT2D eigenvalue weighted by Gasteiger charge is -2.13. The van der Waals surface area contributed by atoms with Crippen LogP contribution < -0.4 is 5.32 Å². The molecule has 0 radical (unpaired) electrons. The van der Waals surface area contributed by atoms with Crippen molar-refractivity contribution in [1.29, 1.82) is 0 Å². The number of benzene rings is 2. The van der Waals surface area contributed by atoms with E-state index in [4.69, 9.17) is 9.72 Å². The van der Waals surface area contributed by atoms with Gasteiger partial charge in [-0.3, -0.25) is 4.79 Å². The summed E-state index contributed by atoms with van der Waals surface area (Å²) in [5.41, 5.74) is 3.10. The van der Waals surface area contributed by atoms with Crippen molar-refractivity contribution in [3.8, 4) is 0 Å². The molecule has 1 atom stereocenters. The number of nitrogens with zero attached hydrogens (tertiary/aromatic N) is 2. The second-order valence-corrected chi connectivity index (χ2v) is 6.70. The maximum atomic E-state index is 12.5. The van der Waals surface area contributed by atoms with Crippen molar-refractivity contribution >= 4 is 16.9 Å². The highest BCUT2D eigenvalue weighted by molar-refractivity contribution is 5.81. The standard InChI is InChI=1S/C21H23N3O2/c25-21(22-14-17-9-6-12-26-17)15-24-19-11-5-4-10-18(19)23-20(24)13-16-7-2-1-3-8-16/h1-5,7-8,10-11,17H,6,9,12-15H2,(H,22,25). The van der Waals surface area contributed by atoms with Gasteiger partial charge in [0.15, 0.2) is 0 Å². The van der Waals surface area contributed by atoms with Gasteiger partial charge in [0.2, 0.25) is 5.91 Å². The van der Waals surface area contributed by atoms with E-state index in [-0.39, 0.29) is 18.6 Å². The van der Waals surface area contributed by atoms with Crippen molar-refractivity contribution in [1.82, 2.24) is 14.9 Å². The molecular formula is C21H23N3O2. The van der Waals surface area contributed by atoms with Crippen molar-refractivity contribution in [3.05, 3.63) is 66.0 Å². The molecule has 1 aliphatic heterocycles.